The normalized spacial score (nSPS) is 16.2. The molecule has 2 aliphatic carbocycles. The summed E-state index contributed by atoms with van der Waals surface area (Å²) in [5.41, 5.74) is 9.25. The molecule has 0 unspecified atom stereocenters. The Bertz CT molecular complexity index is 1310. The number of allylic oxidation sites excluding steroid dienone is 1. The summed E-state index contributed by atoms with van der Waals surface area (Å²) in [4.78, 5) is 19.5. The lowest BCUT2D eigenvalue weighted by atomic mass is 9.62. The minimum atomic E-state index is -0.0837. The quantitative estimate of drug-likeness (QED) is 0.225. The molecule has 0 bridgehead atoms. The van der Waals surface area contributed by atoms with Crippen LogP contribution in [0.3, 0.4) is 0 Å². The number of thioether (sulfide) groups is 1. The van der Waals surface area contributed by atoms with Crippen LogP contribution in [0.2, 0.25) is 0 Å². The Morgan fingerprint density at radius 2 is 1.88 bits per heavy atom. The van der Waals surface area contributed by atoms with E-state index in [0.717, 1.165) is 52.6 Å². The molecule has 0 radical (unpaired) electrons. The lowest BCUT2D eigenvalue weighted by molar-refractivity contribution is 0.282. The molecular formula is C30H34N2OS. The van der Waals surface area contributed by atoms with Crippen molar-refractivity contribution in [3.63, 3.8) is 0 Å². The van der Waals surface area contributed by atoms with Crippen molar-refractivity contribution in [2.45, 2.75) is 82.2 Å². The molecule has 3 aromatic rings. The summed E-state index contributed by atoms with van der Waals surface area (Å²) in [6, 6.07) is 15.2. The summed E-state index contributed by atoms with van der Waals surface area (Å²) < 4.78 is 1.90. The molecule has 2 aromatic carbocycles. The van der Waals surface area contributed by atoms with Crippen LogP contribution >= 0.6 is 11.8 Å². The first-order valence-corrected chi connectivity index (χ1v) is 13.4. The summed E-state index contributed by atoms with van der Waals surface area (Å²) in [5.74, 6) is 0.792. The summed E-state index contributed by atoms with van der Waals surface area (Å²) in [6.07, 6.45) is 6.74. The molecular weight excluding hydrogens is 436 g/mol. The Hall–Kier alpha value is -2.59. The Labute approximate surface area is 207 Å². The second kappa shape index (κ2) is 9.22. The molecule has 0 amide bonds. The van der Waals surface area contributed by atoms with E-state index in [0.29, 0.717) is 6.54 Å². The van der Waals surface area contributed by atoms with E-state index < -0.39 is 0 Å². The van der Waals surface area contributed by atoms with Crippen LogP contribution in [-0.4, -0.2) is 9.55 Å². The summed E-state index contributed by atoms with van der Waals surface area (Å²) >= 11 is 1.67. The third kappa shape index (κ3) is 4.17. The predicted octanol–water partition coefficient (Wildman–Crippen LogP) is 7.15. The van der Waals surface area contributed by atoms with Crippen molar-refractivity contribution in [2.75, 3.05) is 0 Å². The number of fused-ring (bicyclic) bond motifs is 4. The lowest BCUT2D eigenvalue weighted by Gasteiger charge is -2.42. The average molecular weight is 471 g/mol. The molecule has 2 aliphatic rings. The van der Waals surface area contributed by atoms with Crippen LogP contribution in [-0.2, 0) is 24.1 Å². The van der Waals surface area contributed by atoms with Gasteiger partial charge in [0.1, 0.15) is 0 Å². The second-order valence-corrected chi connectivity index (χ2v) is 11.3. The van der Waals surface area contributed by atoms with Gasteiger partial charge in [0, 0.05) is 23.3 Å². The predicted molar refractivity (Wildman–Crippen MR) is 143 cm³/mol. The van der Waals surface area contributed by atoms with Crippen LogP contribution < -0.4 is 5.56 Å². The van der Waals surface area contributed by atoms with Crippen molar-refractivity contribution < 1.29 is 0 Å². The summed E-state index contributed by atoms with van der Waals surface area (Å²) in [6.45, 7) is 10.9. The maximum Gasteiger partial charge on any atom is 0.258 e. The van der Waals surface area contributed by atoms with E-state index in [4.69, 9.17) is 4.98 Å². The molecule has 1 fully saturated rings. The maximum atomic E-state index is 14.2. The fraction of sp³-hybridized carbons (Fsp3) is 0.400. The highest BCUT2D eigenvalue weighted by Gasteiger charge is 2.43. The molecule has 1 spiro atoms. The first-order chi connectivity index (χ1) is 16.4. The second-order valence-electron chi connectivity index (χ2n) is 10.4. The van der Waals surface area contributed by atoms with Gasteiger partial charge >= 0.3 is 0 Å². The number of hydrogen-bond acceptors (Lipinski definition) is 3. The zero-order valence-electron chi connectivity index (χ0n) is 20.6. The van der Waals surface area contributed by atoms with E-state index in [1.807, 2.05) is 11.5 Å². The topological polar surface area (TPSA) is 34.9 Å². The van der Waals surface area contributed by atoms with E-state index in [-0.39, 0.29) is 11.0 Å². The first-order valence-electron chi connectivity index (χ1n) is 12.4. The van der Waals surface area contributed by atoms with Gasteiger partial charge in [-0.05, 0) is 56.7 Å². The van der Waals surface area contributed by atoms with Crippen LogP contribution in [0.1, 0.15) is 66.8 Å². The molecule has 4 heteroatoms. The minimum Gasteiger partial charge on any atom is -0.283 e. The Kier molecular flexibility index (Phi) is 6.28. The molecule has 0 aliphatic heterocycles. The smallest absolute Gasteiger partial charge is 0.258 e. The van der Waals surface area contributed by atoms with Crippen molar-refractivity contribution in [1.29, 1.82) is 0 Å². The Morgan fingerprint density at radius 3 is 2.62 bits per heavy atom. The fourth-order valence-corrected chi connectivity index (χ4v) is 6.96. The Balaban J connectivity index is 1.67. The molecule has 5 rings (SSSR count). The number of hydrogen-bond donors (Lipinski definition) is 0. The van der Waals surface area contributed by atoms with Gasteiger partial charge in [-0.3, -0.25) is 9.36 Å². The minimum absolute atomic E-state index is 0.0837. The molecule has 0 saturated heterocycles. The van der Waals surface area contributed by atoms with Gasteiger partial charge in [-0.25, -0.2) is 4.98 Å². The zero-order chi connectivity index (χ0) is 23.9. The van der Waals surface area contributed by atoms with E-state index in [2.05, 4.69) is 62.9 Å². The Morgan fingerprint density at radius 1 is 1.12 bits per heavy atom. The third-order valence-electron chi connectivity index (χ3n) is 7.56. The molecule has 0 N–H and O–H groups in total. The molecule has 34 heavy (non-hydrogen) atoms. The molecule has 1 heterocycles. The third-order valence-corrected chi connectivity index (χ3v) is 8.58. The largest absolute Gasteiger partial charge is 0.283 e. The van der Waals surface area contributed by atoms with E-state index in [1.54, 1.807) is 11.8 Å². The van der Waals surface area contributed by atoms with Crippen LogP contribution in [0.4, 0.5) is 0 Å². The van der Waals surface area contributed by atoms with E-state index >= 15 is 0 Å². The van der Waals surface area contributed by atoms with Crippen molar-refractivity contribution in [3.8, 4) is 11.3 Å². The first kappa shape index (κ1) is 23.2. The van der Waals surface area contributed by atoms with Gasteiger partial charge in [-0.2, -0.15) is 0 Å². The van der Waals surface area contributed by atoms with Crippen LogP contribution in [0.15, 0.2) is 64.6 Å². The average Bonchev–Trinajstić information content (AvgIpc) is 2.80. The van der Waals surface area contributed by atoms with Gasteiger partial charge in [0.25, 0.3) is 5.56 Å². The van der Waals surface area contributed by atoms with E-state index in [9.17, 15) is 4.79 Å². The number of aryl methyl sites for hydroxylation is 2. The zero-order valence-corrected chi connectivity index (χ0v) is 21.4. The maximum absolute atomic E-state index is 14.2. The molecule has 0 atom stereocenters. The van der Waals surface area contributed by atoms with Crippen molar-refractivity contribution >= 4 is 11.8 Å². The van der Waals surface area contributed by atoms with Gasteiger partial charge in [-0.1, -0.05) is 91.2 Å². The molecule has 176 valence electrons. The van der Waals surface area contributed by atoms with Gasteiger partial charge in [0.05, 0.1) is 11.3 Å². The van der Waals surface area contributed by atoms with Gasteiger partial charge < -0.3 is 0 Å². The highest BCUT2D eigenvalue weighted by molar-refractivity contribution is 7.98. The van der Waals surface area contributed by atoms with Crippen LogP contribution in [0.5, 0.6) is 0 Å². The van der Waals surface area contributed by atoms with E-state index in [1.165, 1.54) is 41.5 Å². The van der Waals surface area contributed by atoms with Crippen LogP contribution in [0, 0.1) is 13.8 Å². The van der Waals surface area contributed by atoms with Crippen molar-refractivity contribution in [1.82, 2.24) is 9.55 Å². The monoisotopic (exact) mass is 470 g/mol. The van der Waals surface area contributed by atoms with Gasteiger partial charge in [0.2, 0.25) is 0 Å². The fourth-order valence-electron chi connectivity index (χ4n) is 5.89. The van der Waals surface area contributed by atoms with Crippen molar-refractivity contribution in [2.24, 2.45) is 0 Å². The molecule has 3 nitrogen and oxygen atoms in total. The molecule has 1 aromatic heterocycles. The summed E-state index contributed by atoms with van der Waals surface area (Å²) in [5, 5.41) is 0.800. The highest BCUT2D eigenvalue weighted by Crippen LogP contribution is 2.48. The lowest BCUT2D eigenvalue weighted by Crippen LogP contribution is -2.43. The SMILES string of the molecule is C=C(C)Cn1c(SCc2ccc(C)cc2C)nc2c(c1=O)C1(CCCCC1)Cc1ccccc1-2. The molecule has 1 saturated carbocycles. The van der Waals surface area contributed by atoms with Crippen molar-refractivity contribution in [3.05, 3.63) is 92.8 Å². The van der Waals surface area contributed by atoms with Gasteiger partial charge in [0.15, 0.2) is 5.16 Å². The highest BCUT2D eigenvalue weighted by atomic mass is 32.2. The number of rotatable bonds is 5. The van der Waals surface area contributed by atoms with Crippen LogP contribution in [0.25, 0.3) is 11.3 Å². The number of benzene rings is 2. The standard InChI is InChI=1S/C30H34N2OS/c1-20(2)18-32-28(33)26-27(31-29(32)34-19-24-13-12-21(3)16-22(24)4)25-11-7-6-10-23(25)17-30(26)14-8-5-9-15-30/h6-7,10-13,16H,1,5,8-9,14-15,17-19H2,2-4H3. The van der Waals surface area contributed by atoms with Gasteiger partial charge in [-0.15, -0.1) is 0 Å². The number of aromatic nitrogens is 2. The summed E-state index contributed by atoms with van der Waals surface area (Å²) in [7, 11) is 0. The number of nitrogens with zero attached hydrogens (tertiary/aromatic N) is 2.